The van der Waals surface area contributed by atoms with E-state index in [0.29, 0.717) is 12.8 Å². The Hall–Kier alpha value is 0.440. The molecule has 15 heavy (non-hydrogen) atoms. The molecule has 0 aliphatic carbocycles. The van der Waals surface area contributed by atoms with Crippen LogP contribution in [0.3, 0.4) is 0 Å². The van der Waals surface area contributed by atoms with Gasteiger partial charge in [0.1, 0.15) is 0 Å². The van der Waals surface area contributed by atoms with Crippen molar-refractivity contribution in [1.82, 2.24) is 0 Å². The fourth-order valence-corrected chi connectivity index (χ4v) is 7.85. The third kappa shape index (κ3) is 3.74. The highest BCUT2D eigenvalue weighted by Crippen LogP contribution is 2.76. The lowest BCUT2D eigenvalue weighted by Crippen LogP contribution is -2.04. The van der Waals surface area contributed by atoms with Crippen molar-refractivity contribution in [3.63, 3.8) is 0 Å². The van der Waals surface area contributed by atoms with Crippen molar-refractivity contribution in [3.05, 3.63) is 0 Å². The van der Waals surface area contributed by atoms with E-state index in [4.69, 9.17) is 4.31 Å². The predicted octanol–water partition coefficient (Wildman–Crippen LogP) is 3.91. The molecule has 9 heteroatoms. The first kappa shape index (κ1) is 13.5. The summed E-state index contributed by atoms with van der Waals surface area (Å²) in [6.07, 6.45) is 1.27. The van der Waals surface area contributed by atoms with Gasteiger partial charge in [0.25, 0.3) is 0 Å². The summed E-state index contributed by atoms with van der Waals surface area (Å²) in [5.41, 5.74) is 0. The Labute approximate surface area is 89.7 Å². The number of rotatable bonds is 4. The lowest BCUT2D eigenvalue weighted by atomic mass is 10.6. The molecule has 0 aromatic heterocycles. The maximum Gasteiger partial charge on any atom is 0.715 e. The van der Waals surface area contributed by atoms with Gasteiger partial charge in [-0.2, -0.15) is 0 Å². The summed E-state index contributed by atoms with van der Waals surface area (Å²) < 4.78 is 48.9. The van der Waals surface area contributed by atoms with Gasteiger partial charge in [-0.3, -0.25) is 9.13 Å². The zero-order valence-corrected chi connectivity index (χ0v) is 11.3. The zero-order chi connectivity index (χ0) is 11.5. The molecule has 2 atom stereocenters. The summed E-state index contributed by atoms with van der Waals surface area (Å²) in [4.78, 5) is 0. The fraction of sp³-hybridized carbons (Fsp3) is 1.00. The largest absolute Gasteiger partial charge is 0.715 e. The van der Waals surface area contributed by atoms with E-state index >= 15 is 0 Å². The minimum Gasteiger partial charge on any atom is -0.255 e. The molecule has 0 amide bonds. The molecule has 0 aromatic rings. The molecule has 0 radical (unpaired) electrons. The first-order chi connectivity index (χ1) is 6.93. The molecule has 1 saturated heterocycles. The zero-order valence-electron chi connectivity index (χ0n) is 8.62. The van der Waals surface area contributed by atoms with Gasteiger partial charge in [0, 0.05) is 4.57 Å². The molecule has 0 saturated carbocycles. The first-order valence-electron chi connectivity index (χ1n) is 4.69. The van der Waals surface area contributed by atoms with E-state index < -0.39 is 23.4 Å². The van der Waals surface area contributed by atoms with E-state index in [9.17, 15) is 13.7 Å². The normalized spacial score (nSPS) is 39.2. The van der Waals surface area contributed by atoms with Crippen LogP contribution in [0.2, 0.25) is 0 Å². The Balaban J connectivity index is 2.84. The number of hydrogen-bond acceptors (Lipinski definition) is 6. The molecule has 1 heterocycles. The SMILES string of the molecule is CCCP1(=O)O[P+](=O)OP(=O)(CCC)O1. The van der Waals surface area contributed by atoms with Gasteiger partial charge in [0.2, 0.25) is 0 Å². The van der Waals surface area contributed by atoms with Gasteiger partial charge in [-0.15, -0.1) is 0 Å². The highest BCUT2D eigenvalue weighted by Gasteiger charge is 2.54. The summed E-state index contributed by atoms with van der Waals surface area (Å²) in [5.74, 6) is 0. The van der Waals surface area contributed by atoms with Crippen LogP contribution in [-0.2, 0) is 26.6 Å². The van der Waals surface area contributed by atoms with Crippen molar-refractivity contribution in [3.8, 4) is 0 Å². The van der Waals surface area contributed by atoms with Gasteiger partial charge in [-0.25, -0.2) is 4.31 Å². The minimum atomic E-state index is -3.49. The quantitative estimate of drug-likeness (QED) is 0.723. The molecule has 0 bridgehead atoms. The molecule has 1 fully saturated rings. The Morgan fingerprint density at radius 1 is 1.00 bits per heavy atom. The topological polar surface area (TPSA) is 78.9 Å². The Morgan fingerprint density at radius 3 is 1.73 bits per heavy atom. The summed E-state index contributed by atoms with van der Waals surface area (Å²) in [7, 11) is -9.58. The monoisotopic (exact) mass is 275 g/mol. The molecule has 1 aliphatic heterocycles. The summed E-state index contributed by atoms with van der Waals surface area (Å²) in [5, 5.41) is 0. The van der Waals surface area contributed by atoms with Crippen LogP contribution >= 0.6 is 23.4 Å². The van der Waals surface area contributed by atoms with Crippen molar-refractivity contribution < 1.29 is 26.6 Å². The van der Waals surface area contributed by atoms with Crippen LogP contribution in [0, 0.1) is 0 Å². The molecule has 1 aliphatic rings. The van der Waals surface area contributed by atoms with Gasteiger partial charge < -0.3 is 0 Å². The highest BCUT2D eigenvalue weighted by molar-refractivity contribution is 7.75. The van der Waals surface area contributed by atoms with Gasteiger partial charge in [-0.1, -0.05) is 13.8 Å². The van der Waals surface area contributed by atoms with E-state index in [-0.39, 0.29) is 12.3 Å². The van der Waals surface area contributed by atoms with Gasteiger partial charge in [0.15, 0.2) is 0 Å². The lowest BCUT2D eigenvalue weighted by Gasteiger charge is -2.19. The maximum atomic E-state index is 11.9. The second-order valence-corrected chi connectivity index (χ2v) is 8.88. The summed E-state index contributed by atoms with van der Waals surface area (Å²) in [6.45, 7) is 3.55. The van der Waals surface area contributed by atoms with E-state index in [2.05, 4.69) is 8.62 Å². The second-order valence-electron chi connectivity index (χ2n) is 3.14. The maximum absolute atomic E-state index is 11.9. The van der Waals surface area contributed by atoms with Crippen LogP contribution in [0.5, 0.6) is 0 Å². The van der Waals surface area contributed by atoms with Gasteiger partial charge in [0.05, 0.1) is 12.3 Å². The second kappa shape index (κ2) is 5.18. The summed E-state index contributed by atoms with van der Waals surface area (Å²) >= 11 is 0. The predicted molar refractivity (Wildman–Crippen MR) is 56.4 cm³/mol. The highest BCUT2D eigenvalue weighted by atomic mass is 31.3. The molecular weight excluding hydrogens is 261 g/mol. The molecule has 2 unspecified atom stereocenters. The van der Waals surface area contributed by atoms with Crippen LogP contribution < -0.4 is 0 Å². The lowest BCUT2D eigenvalue weighted by molar-refractivity contribution is 0.291. The molecule has 1 rings (SSSR count). The van der Waals surface area contributed by atoms with Gasteiger partial charge in [-0.05, 0) is 21.5 Å². The molecular formula is C6H14O6P3+. The standard InChI is InChI=1S/C6H14O6P3/c1-3-5-14(8)10-13(7)11-15(9,12-14)6-4-2/h3-6H2,1-2H3/q+1. The van der Waals surface area contributed by atoms with Crippen LogP contribution in [0.1, 0.15) is 26.7 Å². The average molecular weight is 275 g/mol. The molecule has 6 nitrogen and oxygen atoms in total. The van der Waals surface area contributed by atoms with Crippen LogP contribution in [0.25, 0.3) is 0 Å². The molecule has 0 spiro atoms. The summed E-state index contributed by atoms with van der Waals surface area (Å²) in [6, 6.07) is 0. The van der Waals surface area contributed by atoms with Crippen molar-refractivity contribution in [2.24, 2.45) is 0 Å². The first-order valence-corrected chi connectivity index (χ1v) is 9.24. The van der Waals surface area contributed by atoms with Crippen LogP contribution in [0.4, 0.5) is 0 Å². The Bertz CT molecular complexity index is 310. The van der Waals surface area contributed by atoms with Gasteiger partial charge >= 0.3 is 23.4 Å². The average Bonchev–Trinajstić information content (AvgIpc) is 1.99. The number of hydrogen-bond donors (Lipinski definition) is 0. The van der Waals surface area contributed by atoms with Crippen LogP contribution in [-0.4, -0.2) is 12.3 Å². The van der Waals surface area contributed by atoms with E-state index in [0.717, 1.165) is 0 Å². The molecule has 0 aromatic carbocycles. The Kier molecular flexibility index (Phi) is 4.66. The van der Waals surface area contributed by atoms with Crippen LogP contribution in [0.15, 0.2) is 0 Å². The fourth-order valence-electron chi connectivity index (χ4n) is 1.15. The van der Waals surface area contributed by atoms with Crippen molar-refractivity contribution in [2.45, 2.75) is 26.7 Å². The molecule has 88 valence electrons. The van der Waals surface area contributed by atoms with E-state index in [1.807, 2.05) is 0 Å². The minimum absolute atomic E-state index is 0.102. The Morgan fingerprint density at radius 2 is 1.40 bits per heavy atom. The third-order valence-electron chi connectivity index (χ3n) is 1.63. The van der Waals surface area contributed by atoms with Crippen molar-refractivity contribution >= 4 is 23.4 Å². The van der Waals surface area contributed by atoms with E-state index in [1.165, 1.54) is 0 Å². The molecule has 0 N–H and O–H groups in total. The smallest absolute Gasteiger partial charge is 0.255 e. The van der Waals surface area contributed by atoms with Crippen molar-refractivity contribution in [1.29, 1.82) is 0 Å². The van der Waals surface area contributed by atoms with Crippen molar-refractivity contribution in [2.75, 3.05) is 12.3 Å². The van der Waals surface area contributed by atoms with E-state index in [1.54, 1.807) is 13.8 Å². The third-order valence-corrected chi connectivity index (χ3v) is 8.66.